The predicted octanol–water partition coefficient (Wildman–Crippen LogP) is 1.29. The summed E-state index contributed by atoms with van der Waals surface area (Å²) in [5, 5.41) is 5.30. The number of amides is 1. The standard InChI is InChI=1S/C15H20N4O3S2.ClH/c1-2-18-24(21,22)12-5-3-11(4-6-12)9-17-15(20)13-10-23-14(19-13)7-8-16;/h3-6,10,18H,2,7-9,16H2,1H3,(H,17,20);1H. The second-order valence-corrected chi connectivity index (χ2v) is 7.70. The predicted molar refractivity (Wildman–Crippen MR) is 101 cm³/mol. The van der Waals surface area contributed by atoms with Crippen molar-refractivity contribution in [1.82, 2.24) is 15.0 Å². The molecular formula is C15H21ClN4O3S2. The molecule has 1 aromatic carbocycles. The van der Waals surface area contributed by atoms with Crippen LogP contribution in [0.15, 0.2) is 34.5 Å². The molecule has 138 valence electrons. The van der Waals surface area contributed by atoms with E-state index in [-0.39, 0.29) is 23.2 Å². The van der Waals surface area contributed by atoms with Crippen molar-refractivity contribution in [3.8, 4) is 0 Å². The Bertz CT molecular complexity index is 791. The number of carbonyl (C=O) groups is 1. The van der Waals surface area contributed by atoms with E-state index >= 15 is 0 Å². The monoisotopic (exact) mass is 404 g/mol. The van der Waals surface area contributed by atoms with E-state index in [0.29, 0.717) is 31.7 Å². The number of sulfonamides is 1. The molecule has 4 N–H and O–H groups in total. The molecule has 7 nitrogen and oxygen atoms in total. The molecular weight excluding hydrogens is 384 g/mol. The summed E-state index contributed by atoms with van der Waals surface area (Å²) < 4.78 is 26.1. The molecule has 0 saturated carbocycles. The maximum absolute atomic E-state index is 12.0. The molecule has 0 aliphatic heterocycles. The van der Waals surface area contributed by atoms with Gasteiger partial charge in [0.15, 0.2) is 0 Å². The van der Waals surface area contributed by atoms with Gasteiger partial charge in [0.2, 0.25) is 10.0 Å². The molecule has 0 spiro atoms. The summed E-state index contributed by atoms with van der Waals surface area (Å²) >= 11 is 1.41. The molecule has 10 heteroatoms. The highest BCUT2D eigenvalue weighted by atomic mass is 35.5. The van der Waals surface area contributed by atoms with Gasteiger partial charge in [0.25, 0.3) is 5.91 Å². The molecule has 2 aromatic rings. The number of halogens is 1. The maximum Gasteiger partial charge on any atom is 0.271 e. The first-order valence-corrected chi connectivity index (χ1v) is 9.84. The van der Waals surface area contributed by atoms with Crippen molar-refractivity contribution in [3.05, 3.63) is 45.9 Å². The highest BCUT2D eigenvalue weighted by Crippen LogP contribution is 2.12. The molecule has 0 radical (unpaired) electrons. The fourth-order valence-corrected chi connectivity index (χ4v) is 3.82. The molecule has 0 bridgehead atoms. The van der Waals surface area contributed by atoms with Crippen LogP contribution < -0.4 is 15.8 Å². The molecule has 0 saturated heterocycles. The first-order chi connectivity index (χ1) is 11.5. The van der Waals surface area contributed by atoms with E-state index < -0.39 is 10.0 Å². The van der Waals surface area contributed by atoms with Gasteiger partial charge in [-0.25, -0.2) is 18.1 Å². The average Bonchev–Trinajstić information content (AvgIpc) is 3.02. The highest BCUT2D eigenvalue weighted by Gasteiger charge is 2.13. The maximum atomic E-state index is 12.0. The minimum absolute atomic E-state index is 0. The molecule has 0 aliphatic rings. The van der Waals surface area contributed by atoms with E-state index in [2.05, 4.69) is 15.0 Å². The Labute approximate surface area is 157 Å². The summed E-state index contributed by atoms with van der Waals surface area (Å²) in [6.45, 7) is 2.85. The molecule has 25 heavy (non-hydrogen) atoms. The fourth-order valence-electron chi connectivity index (χ4n) is 1.99. The van der Waals surface area contributed by atoms with Crippen molar-refractivity contribution in [3.63, 3.8) is 0 Å². The van der Waals surface area contributed by atoms with E-state index in [1.807, 2.05) is 0 Å². The molecule has 2 rings (SSSR count). The number of nitrogens with one attached hydrogen (secondary N) is 2. The third-order valence-corrected chi connectivity index (χ3v) is 5.63. The Morgan fingerprint density at radius 1 is 1.28 bits per heavy atom. The smallest absolute Gasteiger partial charge is 0.271 e. The second kappa shape index (κ2) is 9.83. The number of aromatic nitrogens is 1. The molecule has 0 fully saturated rings. The summed E-state index contributed by atoms with van der Waals surface area (Å²) in [7, 11) is -3.46. The molecule has 1 amide bonds. The third-order valence-electron chi connectivity index (χ3n) is 3.16. The second-order valence-electron chi connectivity index (χ2n) is 4.99. The molecule has 0 aliphatic carbocycles. The van der Waals surface area contributed by atoms with Gasteiger partial charge in [-0.3, -0.25) is 4.79 Å². The number of thiazole rings is 1. The number of nitrogens with zero attached hydrogens (tertiary/aromatic N) is 1. The third kappa shape index (κ3) is 6.05. The van der Waals surface area contributed by atoms with Crippen LogP contribution in [0.25, 0.3) is 0 Å². The van der Waals surface area contributed by atoms with Crippen LogP contribution in [0.1, 0.15) is 28.0 Å². The van der Waals surface area contributed by atoms with E-state index in [1.54, 1.807) is 24.4 Å². The van der Waals surface area contributed by atoms with Crippen LogP contribution in [0.4, 0.5) is 0 Å². The quantitative estimate of drug-likeness (QED) is 0.613. The van der Waals surface area contributed by atoms with E-state index in [1.165, 1.54) is 23.5 Å². The number of hydrogen-bond acceptors (Lipinski definition) is 6. The SMILES string of the molecule is CCNS(=O)(=O)c1ccc(CNC(=O)c2csc(CCN)n2)cc1.Cl. The van der Waals surface area contributed by atoms with Crippen molar-refractivity contribution in [2.45, 2.75) is 24.8 Å². The minimum atomic E-state index is -3.46. The van der Waals surface area contributed by atoms with Crippen molar-refractivity contribution in [2.24, 2.45) is 5.73 Å². The summed E-state index contributed by atoms with van der Waals surface area (Å²) in [5.41, 5.74) is 6.63. The number of rotatable bonds is 8. The van der Waals surface area contributed by atoms with Crippen LogP contribution in [0.2, 0.25) is 0 Å². The van der Waals surface area contributed by atoms with Gasteiger partial charge in [0, 0.05) is 24.9 Å². The minimum Gasteiger partial charge on any atom is -0.347 e. The van der Waals surface area contributed by atoms with Crippen LogP contribution in [0.5, 0.6) is 0 Å². The molecule has 0 unspecified atom stereocenters. The Morgan fingerprint density at radius 3 is 2.56 bits per heavy atom. The summed E-state index contributed by atoms with van der Waals surface area (Å²) in [6.07, 6.45) is 0.652. The lowest BCUT2D eigenvalue weighted by atomic mass is 10.2. The number of benzene rings is 1. The fraction of sp³-hybridized carbons (Fsp3) is 0.333. The van der Waals surface area contributed by atoms with Crippen molar-refractivity contribution >= 4 is 39.7 Å². The molecule has 1 heterocycles. The Balaban J connectivity index is 0.00000312. The highest BCUT2D eigenvalue weighted by molar-refractivity contribution is 7.89. The summed E-state index contributed by atoms with van der Waals surface area (Å²) in [4.78, 5) is 16.5. The van der Waals surface area contributed by atoms with Crippen LogP contribution in [-0.2, 0) is 23.0 Å². The van der Waals surface area contributed by atoms with Gasteiger partial charge in [-0.05, 0) is 24.2 Å². The van der Waals surface area contributed by atoms with Crippen molar-refractivity contribution in [1.29, 1.82) is 0 Å². The lowest BCUT2D eigenvalue weighted by molar-refractivity contribution is 0.0946. The lowest BCUT2D eigenvalue weighted by Crippen LogP contribution is -2.24. The Kier molecular flexibility index (Phi) is 8.46. The first-order valence-electron chi connectivity index (χ1n) is 7.47. The van der Waals surface area contributed by atoms with Gasteiger partial charge >= 0.3 is 0 Å². The Morgan fingerprint density at radius 2 is 1.96 bits per heavy atom. The average molecular weight is 405 g/mol. The van der Waals surface area contributed by atoms with Gasteiger partial charge in [-0.2, -0.15) is 0 Å². The van der Waals surface area contributed by atoms with E-state index in [9.17, 15) is 13.2 Å². The first kappa shape index (κ1) is 21.5. The van der Waals surface area contributed by atoms with E-state index in [0.717, 1.165) is 10.6 Å². The van der Waals surface area contributed by atoms with Crippen LogP contribution in [0, 0.1) is 0 Å². The van der Waals surface area contributed by atoms with Gasteiger partial charge in [-0.1, -0.05) is 19.1 Å². The van der Waals surface area contributed by atoms with Gasteiger partial charge in [-0.15, -0.1) is 23.7 Å². The van der Waals surface area contributed by atoms with Crippen molar-refractivity contribution < 1.29 is 13.2 Å². The van der Waals surface area contributed by atoms with Gasteiger partial charge in [0.05, 0.1) is 9.90 Å². The topological polar surface area (TPSA) is 114 Å². The number of carbonyl (C=O) groups excluding carboxylic acids is 1. The van der Waals surface area contributed by atoms with E-state index in [4.69, 9.17) is 5.73 Å². The van der Waals surface area contributed by atoms with Crippen LogP contribution in [0.3, 0.4) is 0 Å². The zero-order valence-electron chi connectivity index (χ0n) is 13.7. The van der Waals surface area contributed by atoms with Crippen molar-refractivity contribution in [2.75, 3.05) is 13.1 Å². The summed E-state index contributed by atoms with van der Waals surface area (Å²) in [6, 6.07) is 6.38. The normalized spacial score (nSPS) is 11.0. The molecule has 1 aromatic heterocycles. The van der Waals surface area contributed by atoms with Crippen LogP contribution in [-0.4, -0.2) is 32.4 Å². The molecule has 0 atom stereocenters. The number of hydrogen-bond donors (Lipinski definition) is 3. The zero-order chi connectivity index (χ0) is 17.6. The zero-order valence-corrected chi connectivity index (χ0v) is 16.1. The van der Waals surface area contributed by atoms with Gasteiger partial charge in [0.1, 0.15) is 5.69 Å². The number of nitrogens with two attached hydrogens (primary N) is 1. The largest absolute Gasteiger partial charge is 0.347 e. The Hall–Kier alpha value is -1.52. The van der Waals surface area contributed by atoms with Crippen LogP contribution >= 0.6 is 23.7 Å². The lowest BCUT2D eigenvalue weighted by Gasteiger charge is -2.07. The summed E-state index contributed by atoms with van der Waals surface area (Å²) in [5.74, 6) is -0.265. The van der Waals surface area contributed by atoms with Gasteiger partial charge < -0.3 is 11.1 Å².